The monoisotopic (exact) mass is 260 g/mol. The average Bonchev–Trinajstić information content (AvgIpc) is 2.77. The standard InChI is InChI=1S/C11H20N2O3S/c1-4-8-12-9-10-6-7-11(16-10)17(14,15)13(3)5-2/h6-7,12H,4-5,8-9H2,1-3H3. The smallest absolute Gasteiger partial charge is 0.276 e. The summed E-state index contributed by atoms with van der Waals surface area (Å²) in [4.78, 5) is 0. The van der Waals surface area contributed by atoms with Crippen molar-refractivity contribution in [1.29, 1.82) is 0 Å². The number of furan rings is 1. The van der Waals surface area contributed by atoms with Gasteiger partial charge in [0.25, 0.3) is 10.0 Å². The van der Waals surface area contributed by atoms with Gasteiger partial charge >= 0.3 is 0 Å². The van der Waals surface area contributed by atoms with Crippen molar-refractivity contribution < 1.29 is 12.8 Å². The zero-order valence-corrected chi connectivity index (χ0v) is 11.4. The van der Waals surface area contributed by atoms with E-state index in [2.05, 4.69) is 12.2 Å². The predicted octanol–water partition coefficient (Wildman–Crippen LogP) is 1.42. The van der Waals surface area contributed by atoms with Gasteiger partial charge in [-0.1, -0.05) is 13.8 Å². The van der Waals surface area contributed by atoms with Crippen LogP contribution in [0.5, 0.6) is 0 Å². The highest BCUT2D eigenvalue weighted by atomic mass is 32.2. The van der Waals surface area contributed by atoms with Crippen LogP contribution < -0.4 is 5.32 Å². The van der Waals surface area contributed by atoms with Crippen molar-refractivity contribution in [3.8, 4) is 0 Å². The molecule has 0 unspecified atom stereocenters. The third-order valence-electron chi connectivity index (χ3n) is 2.47. The summed E-state index contributed by atoms with van der Waals surface area (Å²) in [5, 5.41) is 3.17. The van der Waals surface area contributed by atoms with Crippen molar-refractivity contribution in [2.24, 2.45) is 0 Å². The summed E-state index contributed by atoms with van der Waals surface area (Å²) in [7, 11) is -1.93. The molecular formula is C11H20N2O3S. The third kappa shape index (κ3) is 3.55. The fourth-order valence-electron chi connectivity index (χ4n) is 1.30. The molecule has 0 spiro atoms. The van der Waals surface area contributed by atoms with E-state index in [0.717, 1.165) is 13.0 Å². The lowest BCUT2D eigenvalue weighted by atomic mass is 10.4. The Labute approximate surface area is 103 Å². The third-order valence-corrected chi connectivity index (χ3v) is 4.28. The minimum atomic E-state index is -3.46. The summed E-state index contributed by atoms with van der Waals surface area (Å²) >= 11 is 0. The molecule has 0 saturated carbocycles. The first-order valence-electron chi connectivity index (χ1n) is 5.78. The number of sulfonamides is 1. The molecule has 5 nitrogen and oxygen atoms in total. The topological polar surface area (TPSA) is 62.6 Å². The van der Waals surface area contributed by atoms with E-state index in [4.69, 9.17) is 4.42 Å². The van der Waals surface area contributed by atoms with Crippen molar-refractivity contribution in [1.82, 2.24) is 9.62 Å². The van der Waals surface area contributed by atoms with Crippen molar-refractivity contribution >= 4 is 10.0 Å². The molecule has 0 aliphatic heterocycles. The molecule has 1 heterocycles. The molecule has 0 aromatic carbocycles. The largest absolute Gasteiger partial charge is 0.447 e. The highest BCUT2D eigenvalue weighted by Gasteiger charge is 2.22. The molecule has 0 fully saturated rings. The van der Waals surface area contributed by atoms with Gasteiger partial charge in [0.1, 0.15) is 5.76 Å². The maximum Gasteiger partial charge on any atom is 0.276 e. The second kappa shape index (κ2) is 6.18. The SMILES string of the molecule is CCCNCc1ccc(S(=O)(=O)N(C)CC)o1. The normalized spacial score (nSPS) is 12.2. The maximum atomic E-state index is 11.9. The second-order valence-corrected chi connectivity index (χ2v) is 5.79. The fourth-order valence-corrected chi connectivity index (χ4v) is 2.40. The Hall–Kier alpha value is -0.850. The first-order valence-corrected chi connectivity index (χ1v) is 7.22. The lowest BCUT2D eigenvalue weighted by molar-refractivity contribution is 0.383. The summed E-state index contributed by atoms with van der Waals surface area (Å²) in [5.41, 5.74) is 0. The van der Waals surface area contributed by atoms with E-state index < -0.39 is 10.0 Å². The molecule has 0 radical (unpaired) electrons. The second-order valence-electron chi connectivity index (χ2n) is 3.82. The minimum absolute atomic E-state index is 0.00940. The molecule has 6 heteroatoms. The van der Waals surface area contributed by atoms with E-state index in [9.17, 15) is 8.42 Å². The summed E-state index contributed by atoms with van der Waals surface area (Å²) < 4.78 is 30.4. The number of hydrogen-bond donors (Lipinski definition) is 1. The van der Waals surface area contributed by atoms with Gasteiger partial charge < -0.3 is 9.73 Å². The molecule has 0 aliphatic carbocycles. The van der Waals surface area contributed by atoms with Crippen molar-refractivity contribution in [3.63, 3.8) is 0 Å². The summed E-state index contributed by atoms with van der Waals surface area (Å²) in [6.45, 7) is 5.72. The fraction of sp³-hybridized carbons (Fsp3) is 0.636. The Balaban J connectivity index is 2.74. The quantitative estimate of drug-likeness (QED) is 0.753. The van der Waals surface area contributed by atoms with Crippen molar-refractivity contribution in [3.05, 3.63) is 17.9 Å². The van der Waals surface area contributed by atoms with Gasteiger partial charge in [-0.2, -0.15) is 4.31 Å². The molecule has 0 amide bonds. The lowest BCUT2D eigenvalue weighted by Crippen LogP contribution is -2.26. The summed E-state index contributed by atoms with van der Waals surface area (Å²) in [5.74, 6) is 0.640. The van der Waals surface area contributed by atoms with E-state index in [1.165, 1.54) is 17.4 Å². The highest BCUT2D eigenvalue weighted by Crippen LogP contribution is 2.17. The molecule has 1 rings (SSSR count). The molecule has 1 N–H and O–H groups in total. The van der Waals surface area contributed by atoms with E-state index in [1.807, 2.05) is 0 Å². The van der Waals surface area contributed by atoms with Crippen LogP contribution in [-0.2, 0) is 16.6 Å². The maximum absolute atomic E-state index is 11.9. The van der Waals surface area contributed by atoms with Gasteiger partial charge in [0.2, 0.25) is 5.09 Å². The van der Waals surface area contributed by atoms with Crippen LogP contribution in [0.2, 0.25) is 0 Å². The summed E-state index contributed by atoms with van der Waals surface area (Å²) in [6, 6.07) is 3.20. The van der Waals surface area contributed by atoms with Gasteiger partial charge in [0.05, 0.1) is 6.54 Å². The van der Waals surface area contributed by atoms with Crippen LogP contribution in [0.15, 0.2) is 21.6 Å². The van der Waals surface area contributed by atoms with Gasteiger partial charge in [-0.3, -0.25) is 0 Å². The Bertz CT molecular complexity index is 439. The van der Waals surface area contributed by atoms with Crippen LogP contribution in [0.25, 0.3) is 0 Å². The Kier molecular flexibility index (Phi) is 5.17. The van der Waals surface area contributed by atoms with E-state index >= 15 is 0 Å². The average molecular weight is 260 g/mol. The molecule has 0 bridgehead atoms. The molecule has 0 saturated heterocycles. The zero-order chi connectivity index (χ0) is 12.9. The van der Waals surface area contributed by atoms with Crippen molar-refractivity contribution in [2.75, 3.05) is 20.1 Å². The van der Waals surface area contributed by atoms with E-state index in [-0.39, 0.29) is 5.09 Å². The van der Waals surface area contributed by atoms with E-state index in [0.29, 0.717) is 18.8 Å². The van der Waals surface area contributed by atoms with Gasteiger partial charge in [-0.05, 0) is 25.1 Å². The van der Waals surface area contributed by atoms with Gasteiger partial charge in [0, 0.05) is 13.6 Å². The van der Waals surface area contributed by atoms with E-state index in [1.54, 1.807) is 13.0 Å². The molecule has 1 aromatic rings. The van der Waals surface area contributed by atoms with Gasteiger partial charge in [-0.15, -0.1) is 0 Å². The molecular weight excluding hydrogens is 240 g/mol. The minimum Gasteiger partial charge on any atom is -0.447 e. The molecule has 98 valence electrons. The summed E-state index contributed by atoms with van der Waals surface area (Å²) in [6.07, 6.45) is 1.03. The Morgan fingerprint density at radius 3 is 2.65 bits per heavy atom. The van der Waals surface area contributed by atoms with Crippen molar-refractivity contribution in [2.45, 2.75) is 31.9 Å². The first-order chi connectivity index (χ1) is 8.02. The molecule has 1 aromatic heterocycles. The number of nitrogens with zero attached hydrogens (tertiary/aromatic N) is 1. The van der Waals surface area contributed by atoms with Crippen LogP contribution in [-0.4, -0.2) is 32.9 Å². The number of hydrogen-bond acceptors (Lipinski definition) is 4. The number of rotatable bonds is 7. The lowest BCUT2D eigenvalue weighted by Gasteiger charge is -2.11. The van der Waals surface area contributed by atoms with Crippen LogP contribution in [0.3, 0.4) is 0 Å². The molecule has 0 aliphatic rings. The van der Waals surface area contributed by atoms with Crippen LogP contribution in [0.1, 0.15) is 26.0 Å². The molecule has 17 heavy (non-hydrogen) atoms. The number of nitrogens with one attached hydrogen (secondary N) is 1. The van der Waals surface area contributed by atoms with Crippen LogP contribution >= 0.6 is 0 Å². The zero-order valence-electron chi connectivity index (χ0n) is 10.6. The Morgan fingerprint density at radius 2 is 2.06 bits per heavy atom. The predicted molar refractivity (Wildman–Crippen MR) is 66.2 cm³/mol. The van der Waals surface area contributed by atoms with Gasteiger partial charge in [0.15, 0.2) is 0 Å². The highest BCUT2D eigenvalue weighted by molar-refractivity contribution is 7.89. The van der Waals surface area contributed by atoms with Crippen LogP contribution in [0.4, 0.5) is 0 Å². The Morgan fingerprint density at radius 1 is 1.35 bits per heavy atom. The molecule has 0 atom stereocenters. The first kappa shape index (κ1) is 14.2. The van der Waals surface area contributed by atoms with Crippen LogP contribution in [0, 0.1) is 0 Å². The van der Waals surface area contributed by atoms with Gasteiger partial charge in [-0.25, -0.2) is 8.42 Å².